The Balaban J connectivity index is 1.76. The summed E-state index contributed by atoms with van der Waals surface area (Å²) in [4.78, 5) is 4.02. The van der Waals surface area contributed by atoms with Crippen LogP contribution in [0.3, 0.4) is 0 Å². The Kier molecular flexibility index (Phi) is 4.60. The fourth-order valence-corrected chi connectivity index (χ4v) is 3.69. The number of benzene rings is 1. The Bertz CT molecular complexity index is 1030. The number of halogens is 2. The average Bonchev–Trinajstić information content (AvgIpc) is 2.92. The van der Waals surface area contributed by atoms with Crippen molar-refractivity contribution in [1.29, 1.82) is 0 Å². The number of nitrogens with zero attached hydrogens (tertiary/aromatic N) is 2. The van der Waals surface area contributed by atoms with Crippen LogP contribution in [0, 0.1) is 25.5 Å². The van der Waals surface area contributed by atoms with Gasteiger partial charge in [-0.15, -0.1) is 0 Å². The van der Waals surface area contributed by atoms with E-state index in [9.17, 15) is 17.2 Å². The molecule has 2 aromatic heterocycles. The van der Waals surface area contributed by atoms with Crippen molar-refractivity contribution in [2.45, 2.75) is 18.7 Å². The van der Waals surface area contributed by atoms with E-state index in [2.05, 4.69) is 20.2 Å². The molecule has 0 saturated carbocycles. The van der Waals surface area contributed by atoms with Crippen molar-refractivity contribution < 1.29 is 21.7 Å². The molecule has 0 saturated heterocycles. The van der Waals surface area contributed by atoms with Gasteiger partial charge in [0.1, 0.15) is 11.5 Å². The summed E-state index contributed by atoms with van der Waals surface area (Å²) in [6, 6.07) is 6.31. The first-order valence-electron chi connectivity index (χ1n) is 7.40. The van der Waals surface area contributed by atoms with Gasteiger partial charge in [0.05, 0.1) is 11.9 Å². The van der Waals surface area contributed by atoms with Gasteiger partial charge in [0.25, 0.3) is 10.0 Å². The molecule has 10 heteroatoms. The molecule has 26 heavy (non-hydrogen) atoms. The molecule has 3 rings (SSSR count). The van der Waals surface area contributed by atoms with Crippen LogP contribution in [-0.4, -0.2) is 18.6 Å². The number of rotatable bonds is 5. The van der Waals surface area contributed by atoms with Gasteiger partial charge < -0.3 is 9.84 Å². The normalized spacial score (nSPS) is 11.4. The predicted molar refractivity (Wildman–Crippen MR) is 90.7 cm³/mol. The minimum atomic E-state index is -3.87. The SMILES string of the molecule is Cc1noc(C)c1S(=O)(=O)Nc1ccc(Nc2ccc(F)c(F)c2)nc1. The Labute approximate surface area is 148 Å². The number of pyridine rings is 1. The third-order valence-electron chi connectivity index (χ3n) is 3.44. The standard InChI is InChI=1S/C16H14F2N4O3S/c1-9-16(10(2)25-21-9)26(23,24)22-12-4-6-15(19-8-12)20-11-3-5-13(17)14(18)7-11/h3-8,22H,1-2H3,(H,19,20). The van der Waals surface area contributed by atoms with Crippen LogP contribution in [0.2, 0.25) is 0 Å². The van der Waals surface area contributed by atoms with Crippen LogP contribution in [-0.2, 0) is 10.0 Å². The first kappa shape index (κ1) is 17.8. The minimum absolute atomic E-state index is 0.0264. The molecule has 0 spiro atoms. The lowest BCUT2D eigenvalue weighted by molar-refractivity contribution is 0.390. The van der Waals surface area contributed by atoms with Crippen molar-refractivity contribution in [2.75, 3.05) is 10.0 Å². The first-order chi connectivity index (χ1) is 12.3. The summed E-state index contributed by atoms with van der Waals surface area (Å²) in [6.45, 7) is 3.03. The molecule has 0 aliphatic carbocycles. The lowest BCUT2D eigenvalue weighted by Gasteiger charge is -2.09. The number of aromatic nitrogens is 2. The second-order valence-corrected chi connectivity index (χ2v) is 7.06. The third-order valence-corrected chi connectivity index (χ3v) is 5.07. The largest absolute Gasteiger partial charge is 0.360 e. The lowest BCUT2D eigenvalue weighted by Crippen LogP contribution is -2.14. The summed E-state index contributed by atoms with van der Waals surface area (Å²) in [7, 11) is -3.87. The fraction of sp³-hybridized carbons (Fsp3) is 0.125. The van der Waals surface area contributed by atoms with Crippen LogP contribution in [0.25, 0.3) is 0 Å². The summed E-state index contributed by atoms with van der Waals surface area (Å²) < 4.78 is 58.2. The van der Waals surface area contributed by atoms with Crippen LogP contribution >= 0.6 is 0 Å². The minimum Gasteiger partial charge on any atom is -0.360 e. The van der Waals surface area contributed by atoms with Crippen molar-refractivity contribution in [2.24, 2.45) is 0 Å². The van der Waals surface area contributed by atoms with Gasteiger partial charge in [-0.3, -0.25) is 4.72 Å². The monoisotopic (exact) mass is 380 g/mol. The molecule has 0 radical (unpaired) electrons. The van der Waals surface area contributed by atoms with E-state index < -0.39 is 21.7 Å². The van der Waals surface area contributed by atoms with Crippen LogP contribution in [0.4, 0.5) is 26.0 Å². The van der Waals surface area contributed by atoms with Crippen molar-refractivity contribution in [1.82, 2.24) is 10.1 Å². The zero-order chi connectivity index (χ0) is 18.9. The molecule has 0 fully saturated rings. The van der Waals surface area contributed by atoms with Gasteiger partial charge in [0.2, 0.25) is 0 Å². The average molecular weight is 380 g/mol. The van der Waals surface area contributed by atoms with Crippen LogP contribution < -0.4 is 10.0 Å². The second kappa shape index (κ2) is 6.71. The van der Waals surface area contributed by atoms with E-state index in [1.807, 2.05) is 0 Å². The molecule has 7 nitrogen and oxygen atoms in total. The highest BCUT2D eigenvalue weighted by atomic mass is 32.2. The molecule has 0 atom stereocenters. The van der Waals surface area contributed by atoms with Gasteiger partial charge in [-0.2, -0.15) is 0 Å². The smallest absolute Gasteiger partial charge is 0.267 e. The zero-order valence-electron chi connectivity index (χ0n) is 13.7. The molecule has 136 valence electrons. The van der Waals surface area contributed by atoms with E-state index >= 15 is 0 Å². The van der Waals surface area contributed by atoms with E-state index in [-0.39, 0.29) is 22.0 Å². The summed E-state index contributed by atoms with van der Waals surface area (Å²) in [6.07, 6.45) is 1.29. The van der Waals surface area contributed by atoms with Gasteiger partial charge in [-0.1, -0.05) is 5.16 Å². The van der Waals surface area contributed by atoms with Gasteiger partial charge in [-0.05, 0) is 38.1 Å². The number of hydrogen-bond acceptors (Lipinski definition) is 6. The van der Waals surface area contributed by atoms with Crippen molar-refractivity contribution in [3.05, 3.63) is 59.6 Å². The number of hydrogen-bond donors (Lipinski definition) is 2. The molecular weight excluding hydrogens is 366 g/mol. The molecule has 2 N–H and O–H groups in total. The lowest BCUT2D eigenvalue weighted by atomic mass is 10.3. The Hall–Kier alpha value is -3.01. The Morgan fingerprint density at radius 1 is 1.04 bits per heavy atom. The molecule has 0 aliphatic heterocycles. The molecule has 1 aromatic carbocycles. The number of nitrogens with one attached hydrogen (secondary N) is 2. The van der Waals surface area contributed by atoms with Gasteiger partial charge in [0, 0.05) is 11.8 Å². The predicted octanol–water partition coefficient (Wildman–Crippen LogP) is 3.51. The van der Waals surface area contributed by atoms with Crippen LogP contribution in [0.15, 0.2) is 45.9 Å². The maximum atomic E-state index is 13.2. The molecule has 0 aliphatic rings. The fourth-order valence-electron chi connectivity index (χ4n) is 2.31. The zero-order valence-corrected chi connectivity index (χ0v) is 14.6. The highest BCUT2D eigenvalue weighted by Gasteiger charge is 2.24. The Morgan fingerprint density at radius 2 is 1.77 bits per heavy atom. The van der Waals surface area contributed by atoms with Gasteiger partial charge >= 0.3 is 0 Å². The van der Waals surface area contributed by atoms with Crippen LogP contribution in [0.5, 0.6) is 0 Å². The van der Waals surface area contributed by atoms with E-state index in [0.29, 0.717) is 11.5 Å². The number of sulfonamides is 1. The summed E-state index contributed by atoms with van der Waals surface area (Å²) in [5.74, 6) is -1.43. The maximum Gasteiger partial charge on any atom is 0.267 e. The quantitative estimate of drug-likeness (QED) is 0.703. The van der Waals surface area contributed by atoms with E-state index in [0.717, 1.165) is 12.1 Å². The van der Waals surface area contributed by atoms with Gasteiger partial charge in [0.15, 0.2) is 22.3 Å². The molecular formula is C16H14F2N4O3S. The van der Waals surface area contributed by atoms with Crippen molar-refractivity contribution >= 4 is 27.2 Å². The number of anilines is 3. The second-order valence-electron chi connectivity index (χ2n) is 5.44. The maximum absolute atomic E-state index is 13.2. The number of aryl methyl sites for hydroxylation is 2. The van der Waals surface area contributed by atoms with E-state index in [1.54, 1.807) is 0 Å². The first-order valence-corrected chi connectivity index (χ1v) is 8.88. The molecule has 2 heterocycles. The van der Waals surface area contributed by atoms with E-state index in [4.69, 9.17) is 4.52 Å². The summed E-state index contributed by atoms with van der Waals surface area (Å²) >= 11 is 0. The highest BCUT2D eigenvalue weighted by Crippen LogP contribution is 2.23. The Morgan fingerprint density at radius 3 is 2.35 bits per heavy atom. The molecule has 0 amide bonds. The highest BCUT2D eigenvalue weighted by molar-refractivity contribution is 7.92. The molecule has 0 unspecified atom stereocenters. The van der Waals surface area contributed by atoms with Gasteiger partial charge in [-0.25, -0.2) is 22.2 Å². The van der Waals surface area contributed by atoms with Crippen molar-refractivity contribution in [3.8, 4) is 0 Å². The summed E-state index contributed by atoms with van der Waals surface area (Å²) in [5, 5.41) is 6.41. The van der Waals surface area contributed by atoms with Crippen LogP contribution in [0.1, 0.15) is 11.5 Å². The summed E-state index contributed by atoms with van der Waals surface area (Å²) in [5.41, 5.74) is 0.779. The van der Waals surface area contributed by atoms with E-state index in [1.165, 1.54) is 38.2 Å². The van der Waals surface area contributed by atoms with Crippen molar-refractivity contribution in [3.63, 3.8) is 0 Å². The third kappa shape index (κ3) is 3.64. The topological polar surface area (TPSA) is 97.1 Å². The molecule has 0 bridgehead atoms. The molecule has 3 aromatic rings.